The number of amides is 1. The molecule has 4 nitrogen and oxygen atoms in total. The van der Waals surface area contributed by atoms with Crippen molar-refractivity contribution >= 4 is 34.8 Å². The van der Waals surface area contributed by atoms with E-state index in [1.807, 2.05) is 30.3 Å². The summed E-state index contributed by atoms with van der Waals surface area (Å²) in [5, 5.41) is 4.30. The number of carbonyl (C=O) groups excluding carboxylic acids is 1. The number of anilines is 1. The van der Waals surface area contributed by atoms with Gasteiger partial charge in [0.15, 0.2) is 6.61 Å². The van der Waals surface area contributed by atoms with Gasteiger partial charge in [0.1, 0.15) is 5.75 Å². The van der Waals surface area contributed by atoms with Gasteiger partial charge in [0.25, 0.3) is 5.91 Å². The van der Waals surface area contributed by atoms with Crippen molar-refractivity contribution in [3.63, 3.8) is 0 Å². The van der Waals surface area contributed by atoms with Crippen LogP contribution in [0.5, 0.6) is 5.75 Å². The molecule has 0 bridgehead atoms. The topological polar surface area (TPSA) is 64.4 Å². The number of rotatable bonds is 6. The van der Waals surface area contributed by atoms with Crippen LogP contribution in [0.2, 0.25) is 10.0 Å². The van der Waals surface area contributed by atoms with E-state index in [1.54, 1.807) is 12.1 Å². The summed E-state index contributed by atoms with van der Waals surface area (Å²) in [6, 6.07) is 12.8. The Kier molecular flexibility index (Phi) is 5.31. The molecule has 0 atom stereocenters. The second-order valence-electron chi connectivity index (χ2n) is 4.35. The minimum atomic E-state index is -0.546. The van der Waals surface area contributed by atoms with Crippen molar-refractivity contribution in [2.24, 2.45) is 5.73 Å². The molecule has 0 saturated carbocycles. The first-order valence-corrected chi connectivity index (χ1v) is 7.00. The van der Waals surface area contributed by atoms with E-state index in [1.165, 1.54) is 0 Å². The molecule has 0 aliphatic rings. The molecule has 0 aliphatic carbocycles. The lowest BCUT2D eigenvalue weighted by molar-refractivity contribution is -0.119. The van der Waals surface area contributed by atoms with Gasteiger partial charge in [-0.1, -0.05) is 41.4 Å². The first kappa shape index (κ1) is 15.5. The van der Waals surface area contributed by atoms with Crippen LogP contribution in [-0.4, -0.2) is 12.5 Å². The number of halogens is 2. The molecule has 110 valence electrons. The number of benzene rings is 2. The van der Waals surface area contributed by atoms with Gasteiger partial charge < -0.3 is 15.8 Å². The normalized spacial score (nSPS) is 10.2. The first-order chi connectivity index (χ1) is 10.1. The fraction of sp³-hybridized carbons (Fsp3) is 0.133. The summed E-state index contributed by atoms with van der Waals surface area (Å²) < 4.78 is 5.19. The third-order valence-corrected chi connectivity index (χ3v) is 3.35. The van der Waals surface area contributed by atoms with Crippen LogP contribution in [0.15, 0.2) is 42.5 Å². The summed E-state index contributed by atoms with van der Waals surface area (Å²) in [4.78, 5) is 10.7. The minimum absolute atomic E-state index is 0.197. The molecule has 0 saturated heterocycles. The Hall–Kier alpha value is -1.91. The molecule has 0 unspecified atom stereocenters. The van der Waals surface area contributed by atoms with E-state index in [0.717, 1.165) is 11.3 Å². The van der Waals surface area contributed by atoms with Gasteiger partial charge in [0.2, 0.25) is 0 Å². The Morgan fingerprint density at radius 2 is 1.90 bits per heavy atom. The lowest BCUT2D eigenvalue weighted by Gasteiger charge is -2.10. The highest BCUT2D eigenvalue weighted by molar-refractivity contribution is 6.33. The van der Waals surface area contributed by atoms with Crippen LogP contribution >= 0.6 is 23.2 Å². The van der Waals surface area contributed by atoms with Crippen LogP contribution in [0.1, 0.15) is 5.56 Å². The van der Waals surface area contributed by atoms with Gasteiger partial charge in [-0.15, -0.1) is 0 Å². The van der Waals surface area contributed by atoms with Gasteiger partial charge >= 0.3 is 0 Å². The van der Waals surface area contributed by atoms with Crippen LogP contribution in [-0.2, 0) is 11.3 Å². The van der Waals surface area contributed by atoms with Gasteiger partial charge in [-0.2, -0.15) is 0 Å². The largest absolute Gasteiger partial charge is 0.482 e. The van der Waals surface area contributed by atoms with Gasteiger partial charge in [0, 0.05) is 6.54 Å². The molecule has 0 aromatic heterocycles. The number of hydrogen-bond acceptors (Lipinski definition) is 3. The van der Waals surface area contributed by atoms with Crippen molar-refractivity contribution in [2.45, 2.75) is 6.54 Å². The number of primary amides is 1. The van der Waals surface area contributed by atoms with E-state index in [9.17, 15) is 4.79 Å². The average molecular weight is 325 g/mol. The van der Waals surface area contributed by atoms with Crippen molar-refractivity contribution in [2.75, 3.05) is 11.9 Å². The third kappa shape index (κ3) is 4.55. The molecule has 0 radical (unpaired) electrons. The zero-order valence-corrected chi connectivity index (χ0v) is 12.6. The fourth-order valence-electron chi connectivity index (χ4n) is 1.72. The monoisotopic (exact) mass is 324 g/mol. The Balaban J connectivity index is 2.00. The van der Waals surface area contributed by atoms with Gasteiger partial charge in [-0.25, -0.2) is 0 Å². The smallest absolute Gasteiger partial charge is 0.255 e. The molecule has 0 spiro atoms. The van der Waals surface area contributed by atoms with Crippen molar-refractivity contribution in [3.8, 4) is 5.75 Å². The molecule has 2 aromatic rings. The summed E-state index contributed by atoms with van der Waals surface area (Å²) >= 11 is 12.2. The molecule has 1 amide bonds. The molecule has 0 aliphatic heterocycles. The van der Waals surface area contributed by atoms with E-state index < -0.39 is 5.91 Å². The summed E-state index contributed by atoms with van der Waals surface area (Å²) in [6.45, 7) is 0.372. The van der Waals surface area contributed by atoms with Crippen LogP contribution in [0, 0.1) is 0 Å². The zero-order chi connectivity index (χ0) is 15.2. The van der Waals surface area contributed by atoms with E-state index >= 15 is 0 Å². The summed E-state index contributed by atoms with van der Waals surface area (Å²) in [7, 11) is 0. The highest BCUT2D eigenvalue weighted by Crippen LogP contribution is 2.26. The first-order valence-electron chi connectivity index (χ1n) is 6.24. The highest BCUT2D eigenvalue weighted by atomic mass is 35.5. The van der Waals surface area contributed by atoms with Crippen LogP contribution in [0.3, 0.4) is 0 Å². The van der Waals surface area contributed by atoms with Crippen molar-refractivity contribution in [3.05, 3.63) is 58.1 Å². The molecular formula is C15H14Cl2N2O2. The van der Waals surface area contributed by atoms with Crippen LogP contribution in [0.25, 0.3) is 0 Å². The predicted octanol–water partition coefficient (Wildman–Crippen LogP) is 3.47. The van der Waals surface area contributed by atoms with Crippen molar-refractivity contribution in [1.82, 2.24) is 0 Å². The van der Waals surface area contributed by atoms with E-state index in [2.05, 4.69) is 5.32 Å². The standard InChI is InChI=1S/C15H14Cl2N2O2/c16-11-3-1-2-4-13(11)19-8-10-5-6-14(12(17)7-10)21-9-15(18)20/h1-7,19H,8-9H2,(H2,18,20). The van der Waals surface area contributed by atoms with Crippen molar-refractivity contribution < 1.29 is 9.53 Å². The summed E-state index contributed by atoms with van der Waals surface area (Å²) in [5.74, 6) is -0.118. The number of nitrogens with two attached hydrogens (primary N) is 1. The number of nitrogens with one attached hydrogen (secondary N) is 1. The molecule has 0 heterocycles. The average Bonchev–Trinajstić information content (AvgIpc) is 2.45. The maximum Gasteiger partial charge on any atom is 0.255 e. The highest BCUT2D eigenvalue weighted by Gasteiger charge is 2.05. The molecule has 21 heavy (non-hydrogen) atoms. The Morgan fingerprint density at radius 1 is 1.14 bits per heavy atom. The van der Waals surface area contributed by atoms with Crippen LogP contribution in [0.4, 0.5) is 5.69 Å². The number of carbonyl (C=O) groups is 1. The van der Waals surface area contributed by atoms with Gasteiger partial charge in [-0.3, -0.25) is 4.79 Å². The minimum Gasteiger partial charge on any atom is -0.482 e. The maximum absolute atomic E-state index is 10.7. The van der Waals surface area contributed by atoms with E-state index in [0.29, 0.717) is 22.3 Å². The predicted molar refractivity (Wildman–Crippen MR) is 84.9 cm³/mol. The molecule has 6 heteroatoms. The quantitative estimate of drug-likeness (QED) is 0.855. The Bertz CT molecular complexity index is 647. The van der Waals surface area contributed by atoms with E-state index in [-0.39, 0.29) is 6.61 Å². The van der Waals surface area contributed by atoms with Crippen molar-refractivity contribution in [1.29, 1.82) is 0 Å². The van der Waals surface area contributed by atoms with Crippen LogP contribution < -0.4 is 15.8 Å². The Morgan fingerprint density at radius 3 is 2.57 bits per heavy atom. The summed E-state index contributed by atoms with van der Waals surface area (Å²) in [6.07, 6.45) is 0. The number of para-hydroxylation sites is 1. The molecular weight excluding hydrogens is 311 g/mol. The second-order valence-corrected chi connectivity index (χ2v) is 5.17. The van der Waals surface area contributed by atoms with E-state index in [4.69, 9.17) is 33.7 Å². The SMILES string of the molecule is NC(=O)COc1ccc(CNc2ccccc2Cl)cc1Cl. The third-order valence-electron chi connectivity index (χ3n) is 2.72. The zero-order valence-electron chi connectivity index (χ0n) is 11.1. The fourth-order valence-corrected chi connectivity index (χ4v) is 2.18. The molecule has 2 rings (SSSR count). The summed E-state index contributed by atoms with van der Waals surface area (Å²) in [5.41, 5.74) is 6.83. The van der Waals surface area contributed by atoms with Gasteiger partial charge in [-0.05, 0) is 29.8 Å². The Labute approximate surface area is 132 Å². The number of hydrogen-bond donors (Lipinski definition) is 2. The lowest BCUT2D eigenvalue weighted by Crippen LogP contribution is -2.20. The molecule has 0 fully saturated rings. The maximum atomic E-state index is 10.7. The van der Waals surface area contributed by atoms with Gasteiger partial charge in [0.05, 0.1) is 15.7 Å². The lowest BCUT2D eigenvalue weighted by atomic mass is 10.2. The molecule has 3 N–H and O–H groups in total. The number of ether oxygens (including phenoxy) is 1. The second kappa shape index (κ2) is 7.20. The molecule has 2 aromatic carbocycles.